The van der Waals surface area contributed by atoms with Crippen LogP contribution in [0.4, 0.5) is 0 Å². The average Bonchev–Trinajstić information content (AvgIpc) is 3.88. The zero-order valence-electron chi connectivity index (χ0n) is 36.0. The van der Waals surface area contributed by atoms with Gasteiger partial charge in [0.2, 0.25) is 0 Å². The number of rotatable bonds is 5. The first-order valence-corrected chi connectivity index (χ1v) is 23.1. The second kappa shape index (κ2) is 14.0. The fourth-order valence-electron chi connectivity index (χ4n) is 12.4. The molecular weight excluding hydrogens is 781 g/mol. The molecule has 0 spiro atoms. The van der Waals surface area contributed by atoms with Crippen LogP contribution in [0.3, 0.4) is 0 Å². The van der Waals surface area contributed by atoms with E-state index >= 15 is 0 Å². The molecule has 0 saturated heterocycles. The third-order valence-electron chi connectivity index (χ3n) is 14.9. The third kappa shape index (κ3) is 5.08. The first kappa shape index (κ1) is 36.4. The van der Waals surface area contributed by atoms with E-state index in [-0.39, 0.29) is 11.8 Å². The normalized spacial score (nSPS) is 15.1. The van der Waals surface area contributed by atoms with Crippen molar-refractivity contribution in [3.63, 3.8) is 0 Å². The highest BCUT2D eigenvalue weighted by atomic mass is 14.4. The first-order valence-electron chi connectivity index (χ1n) is 23.1. The molecule has 0 aliphatic heterocycles. The molecule has 0 amide bonds. The second-order valence-corrected chi connectivity index (χ2v) is 18.2. The summed E-state index contributed by atoms with van der Waals surface area (Å²) < 4.78 is 0. The standard InChI is InChI=1S/C65H42/c1-39-45(47-32-18-28-40-19-14-15-29-46(40)47)33-34-50-55(39)59(44-26-12-5-13-27-44)65-54-38-37-52-60-51(35-36-53(61(54)60)64(65)58(50)43-24-10-4-11-25-43)62-56(41-20-6-2-7-21-41)48-30-16-17-31-49(48)57(63(52)62)42-22-8-3-9-23-42/h2-39,45H,1H3. The predicted molar refractivity (Wildman–Crippen MR) is 276 cm³/mol. The van der Waals surface area contributed by atoms with Crippen molar-refractivity contribution in [1.82, 2.24) is 0 Å². The van der Waals surface area contributed by atoms with E-state index < -0.39 is 0 Å². The summed E-state index contributed by atoms with van der Waals surface area (Å²) in [7, 11) is 0. The number of hydrogen-bond donors (Lipinski definition) is 0. The van der Waals surface area contributed by atoms with Crippen molar-refractivity contribution in [1.29, 1.82) is 0 Å². The van der Waals surface area contributed by atoms with E-state index in [1.807, 2.05) is 0 Å². The summed E-state index contributed by atoms with van der Waals surface area (Å²) in [5, 5.41) is 7.92. The van der Waals surface area contributed by atoms with Crippen molar-refractivity contribution in [3.05, 3.63) is 235 Å². The van der Waals surface area contributed by atoms with Gasteiger partial charge in [0.1, 0.15) is 0 Å². The Balaban J connectivity index is 1.12. The molecule has 0 radical (unpaired) electrons. The molecule has 0 bridgehead atoms. The van der Waals surface area contributed by atoms with E-state index in [1.165, 1.54) is 138 Å². The highest BCUT2D eigenvalue weighted by Crippen LogP contribution is 2.65. The van der Waals surface area contributed by atoms with Gasteiger partial charge in [-0.25, -0.2) is 0 Å². The lowest BCUT2D eigenvalue weighted by Gasteiger charge is -2.34. The summed E-state index contributed by atoms with van der Waals surface area (Å²) in [6, 6.07) is 79.4. The van der Waals surface area contributed by atoms with Crippen LogP contribution in [0.2, 0.25) is 0 Å². The Hall–Kier alpha value is -8.06. The SMILES string of the molecule is CC1c2c(c(-c3ccccc3)c3c(c2-c2ccccc2)-c2ccc4c5c(ccc-3c25)-c2c-4c(-c3ccccc3)c3ccccc3c2-c2ccccc2)C=CC1c1cccc2ccccc12. The highest BCUT2D eigenvalue weighted by molar-refractivity contribution is 6.34. The van der Waals surface area contributed by atoms with Crippen LogP contribution in [0.1, 0.15) is 35.4 Å². The van der Waals surface area contributed by atoms with Gasteiger partial charge in [-0.05, 0) is 144 Å². The molecule has 0 aromatic heterocycles. The Morgan fingerprint density at radius 3 is 1.20 bits per heavy atom. The van der Waals surface area contributed by atoms with Crippen LogP contribution in [-0.2, 0) is 0 Å². The van der Waals surface area contributed by atoms with Gasteiger partial charge in [0.25, 0.3) is 0 Å². The summed E-state index contributed by atoms with van der Waals surface area (Å²) in [5.74, 6) is 0.404. The maximum absolute atomic E-state index is 2.51. The molecule has 0 saturated carbocycles. The van der Waals surface area contributed by atoms with E-state index in [1.54, 1.807) is 0 Å². The molecule has 3 aliphatic rings. The summed E-state index contributed by atoms with van der Waals surface area (Å²) >= 11 is 0. The van der Waals surface area contributed by atoms with Crippen molar-refractivity contribution in [3.8, 4) is 89.0 Å². The Morgan fingerprint density at radius 2 is 0.692 bits per heavy atom. The topological polar surface area (TPSA) is 0 Å². The minimum Gasteiger partial charge on any atom is -0.0758 e. The Kier molecular flexibility index (Phi) is 7.83. The Bertz CT molecular complexity index is 3700. The van der Waals surface area contributed by atoms with Gasteiger partial charge in [-0.2, -0.15) is 0 Å². The van der Waals surface area contributed by atoms with Crippen LogP contribution in [0.5, 0.6) is 0 Å². The monoisotopic (exact) mass is 822 g/mol. The predicted octanol–water partition coefficient (Wildman–Crippen LogP) is 18.0. The van der Waals surface area contributed by atoms with E-state index in [0.717, 1.165) is 0 Å². The smallest absolute Gasteiger partial charge is 0.00939 e. The fraction of sp³-hybridized carbons (Fsp3) is 0.0462. The van der Waals surface area contributed by atoms with Crippen LogP contribution < -0.4 is 0 Å². The summed E-state index contributed by atoms with van der Waals surface area (Å²) in [6.45, 7) is 2.48. The molecule has 0 N–H and O–H groups in total. The molecule has 2 unspecified atom stereocenters. The van der Waals surface area contributed by atoms with E-state index in [4.69, 9.17) is 0 Å². The van der Waals surface area contributed by atoms with Crippen molar-refractivity contribution in [2.75, 3.05) is 0 Å². The second-order valence-electron chi connectivity index (χ2n) is 18.2. The summed E-state index contributed by atoms with van der Waals surface area (Å²) in [4.78, 5) is 0. The molecule has 0 heteroatoms. The zero-order valence-corrected chi connectivity index (χ0v) is 36.0. The third-order valence-corrected chi connectivity index (χ3v) is 14.9. The van der Waals surface area contributed by atoms with Crippen molar-refractivity contribution < 1.29 is 0 Å². The van der Waals surface area contributed by atoms with Gasteiger partial charge in [0.05, 0.1) is 0 Å². The van der Waals surface area contributed by atoms with Gasteiger partial charge in [0, 0.05) is 5.92 Å². The van der Waals surface area contributed by atoms with Crippen LogP contribution in [0, 0.1) is 0 Å². The fourth-order valence-corrected chi connectivity index (χ4v) is 12.4. The summed E-state index contributed by atoms with van der Waals surface area (Å²) in [6.07, 6.45) is 4.99. The van der Waals surface area contributed by atoms with E-state index in [0.29, 0.717) is 0 Å². The molecule has 302 valence electrons. The molecule has 14 rings (SSSR count). The summed E-state index contributed by atoms with van der Waals surface area (Å²) in [5.41, 5.74) is 25.2. The van der Waals surface area contributed by atoms with E-state index in [9.17, 15) is 0 Å². The maximum atomic E-state index is 2.51. The Morgan fingerprint density at radius 1 is 0.308 bits per heavy atom. The molecule has 11 aromatic carbocycles. The molecule has 0 fully saturated rings. The largest absolute Gasteiger partial charge is 0.0758 e. The minimum atomic E-state index is 0.201. The van der Waals surface area contributed by atoms with Crippen LogP contribution in [-0.4, -0.2) is 0 Å². The molecule has 11 aromatic rings. The molecule has 65 heavy (non-hydrogen) atoms. The lowest BCUT2D eigenvalue weighted by molar-refractivity contribution is 0.675. The zero-order chi connectivity index (χ0) is 42.8. The number of fused-ring (bicyclic) bond motifs is 9. The van der Waals surface area contributed by atoms with Gasteiger partial charge < -0.3 is 0 Å². The van der Waals surface area contributed by atoms with Crippen LogP contribution in [0.25, 0.3) is 127 Å². The van der Waals surface area contributed by atoms with Gasteiger partial charge >= 0.3 is 0 Å². The molecular formula is C65H42. The number of benzene rings is 11. The van der Waals surface area contributed by atoms with Crippen LogP contribution in [0.15, 0.2) is 218 Å². The van der Waals surface area contributed by atoms with Crippen molar-refractivity contribution in [2.45, 2.75) is 18.8 Å². The lowest BCUT2D eigenvalue weighted by Crippen LogP contribution is -2.15. The molecule has 2 atom stereocenters. The molecule has 0 heterocycles. The Labute approximate surface area is 379 Å². The molecule has 0 nitrogen and oxygen atoms in total. The molecule has 3 aliphatic carbocycles. The first-order chi connectivity index (χ1) is 32.2. The number of hydrogen-bond acceptors (Lipinski definition) is 0. The lowest BCUT2D eigenvalue weighted by atomic mass is 9.69. The minimum absolute atomic E-state index is 0.201. The van der Waals surface area contributed by atoms with Crippen molar-refractivity contribution in [2.24, 2.45) is 0 Å². The maximum Gasteiger partial charge on any atom is 0.00939 e. The van der Waals surface area contributed by atoms with Crippen LogP contribution >= 0.6 is 0 Å². The van der Waals surface area contributed by atoms with Gasteiger partial charge in [-0.3, -0.25) is 0 Å². The average molecular weight is 823 g/mol. The van der Waals surface area contributed by atoms with Gasteiger partial charge in [-0.1, -0.05) is 231 Å². The number of allylic oxidation sites excluding steroid dienone is 1. The van der Waals surface area contributed by atoms with Gasteiger partial charge in [0.15, 0.2) is 0 Å². The highest BCUT2D eigenvalue weighted by Gasteiger charge is 2.40. The van der Waals surface area contributed by atoms with Crippen molar-refractivity contribution >= 4 is 38.4 Å². The van der Waals surface area contributed by atoms with Gasteiger partial charge in [-0.15, -0.1) is 0 Å². The van der Waals surface area contributed by atoms with E-state index in [2.05, 4.69) is 231 Å². The quantitative estimate of drug-likeness (QED) is 0.162.